The normalized spacial score (nSPS) is 24.5. The molecular weight excluding hydrogens is 585 g/mol. The van der Waals surface area contributed by atoms with Crippen LogP contribution in [0.5, 0.6) is 0 Å². The van der Waals surface area contributed by atoms with Crippen LogP contribution in [-0.2, 0) is 30.5 Å². The van der Waals surface area contributed by atoms with Gasteiger partial charge in [-0.2, -0.15) is 13.2 Å². The lowest BCUT2D eigenvalue weighted by Crippen LogP contribution is -2.45. The van der Waals surface area contributed by atoms with E-state index in [1.807, 2.05) is 0 Å². The number of aromatic nitrogens is 2. The Morgan fingerprint density at radius 2 is 1.73 bits per heavy atom. The molecule has 44 heavy (non-hydrogen) atoms. The van der Waals surface area contributed by atoms with Gasteiger partial charge in [-0.25, -0.2) is 0 Å². The van der Waals surface area contributed by atoms with Crippen molar-refractivity contribution < 1.29 is 31.9 Å². The molecule has 1 aliphatic heterocycles. The maximum atomic E-state index is 13.4. The van der Waals surface area contributed by atoms with Crippen molar-refractivity contribution in [2.45, 2.75) is 142 Å². The van der Waals surface area contributed by atoms with Gasteiger partial charge in [0, 0.05) is 40.9 Å². The minimum absolute atomic E-state index is 0.0260. The van der Waals surface area contributed by atoms with Crippen LogP contribution in [0, 0.1) is 5.41 Å². The Morgan fingerprint density at radius 1 is 1.09 bits per heavy atom. The highest BCUT2D eigenvalue weighted by Gasteiger charge is 2.56. The highest BCUT2D eigenvalue weighted by Crippen LogP contribution is 2.62. The molecule has 2 aromatic rings. The maximum absolute atomic E-state index is 13.4. The van der Waals surface area contributed by atoms with Gasteiger partial charge >= 0.3 is 12.1 Å². The zero-order valence-corrected chi connectivity index (χ0v) is 28.7. The van der Waals surface area contributed by atoms with Crippen molar-refractivity contribution in [1.29, 1.82) is 0 Å². The summed E-state index contributed by atoms with van der Waals surface area (Å²) in [5.74, 6) is -0.395. The molecule has 1 fully saturated rings. The number of rotatable bonds is 5. The molecule has 2 aromatic heterocycles. The fourth-order valence-electron chi connectivity index (χ4n) is 7.07. The third-order valence-corrected chi connectivity index (χ3v) is 14.7. The molecule has 0 bridgehead atoms. The molecule has 10 heteroatoms. The summed E-state index contributed by atoms with van der Waals surface area (Å²) in [4.78, 5) is 21.6. The van der Waals surface area contributed by atoms with Gasteiger partial charge in [0.25, 0.3) is 0 Å². The molecule has 0 N–H and O–H groups in total. The predicted octanol–water partition coefficient (Wildman–Crippen LogP) is 9.60. The van der Waals surface area contributed by atoms with Crippen molar-refractivity contribution in [1.82, 2.24) is 9.97 Å². The Kier molecular flexibility index (Phi) is 8.19. The number of pyridine rings is 2. The van der Waals surface area contributed by atoms with Gasteiger partial charge in [0.1, 0.15) is 17.9 Å². The van der Waals surface area contributed by atoms with Gasteiger partial charge in [0.2, 0.25) is 0 Å². The lowest BCUT2D eigenvalue weighted by Gasteiger charge is -2.48. The van der Waals surface area contributed by atoms with Crippen LogP contribution in [0.1, 0.15) is 151 Å². The summed E-state index contributed by atoms with van der Waals surface area (Å²) in [5, 5.41) is -0.0471. The molecule has 3 heterocycles. The Balaban J connectivity index is 1.82. The molecular formula is C34H47F3N2O4Si. The van der Waals surface area contributed by atoms with Crippen LogP contribution in [0.4, 0.5) is 13.2 Å². The number of hydrogen-bond donors (Lipinski definition) is 0. The molecule has 0 saturated heterocycles. The first-order chi connectivity index (χ1) is 20.2. The van der Waals surface area contributed by atoms with Crippen LogP contribution in [0.15, 0.2) is 18.3 Å². The smallest absolute Gasteiger partial charge is 0.433 e. The van der Waals surface area contributed by atoms with Crippen LogP contribution in [0.2, 0.25) is 18.1 Å². The zero-order chi connectivity index (χ0) is 32.6. The Hall–Kier alpha value is -2.30. The van der Waals surface area contributed by atoms with Crippen LogP contribution in [-0.4, -0.2) is 24.3 Å². The van der Waals surface area contributed by atoms with Crippen molar-refractivity contribution in [3.8, 4) is 0 Å². The number of halogens is 3. The molecule has 0 radical (unpaired) electrons. The second kappa shape index (κ2) is 10.9. The second-order valence-electron chi connectivity index (χ2n) is 15.5. The predicted molar refractivity (Wildman–Crippen MR) is 165 cm³/mol. The van der Waals surface area contributed by atoms with E-state index in [2.05, 4.69) is 66.5 Å². The van der Waals surface area contributed by atoms with E-state index < -0.39 is 43.4 Å². The van der Waals surface area contributed by atoms with Crippen molar-refractivity contribution in [3.05, 3.63) is 57.7 Å². The first kappa shape index (κ1) is 33.1. The van der Waals surface area contributed by atoms with Gasteiger partial charge in [-0.15, -0.1) is 0 Å². The average Bonchev–Trinajstić information content (AvgIpc) is 3.49. The minimum atomic E-state index is -4.53. The van der Waals surface area contributed by atoms with Crippen LogP contribution in [0.3, 0.4) is 0 Å². The molecule has 5 rings (SSSR count). The molecule has 6 nitrogen and oxygen atoms in total. The number of ether oxygens (including phenoxy) is 2. The summed E-state index contributed by atoms with van der Waals surface area (Å²) < 4.78 is 60.7. The Bertz CT molecular complexity index is 1420. The quantitative estimate of drug-likeness (QED) is 0.242. The summed E-state index contributed by atoms with van der Waals surface area (Å²) in [5.41, 5.74) is 2.98. The van der Waals surface area contributed by atoms with Gasteiger partial charge < -0.3 is 13.9 Å². The van der Waals surface area contributed by atoms with Gasteiger partial charge in [0.05, 0.1) is 17.4 Å². The van der Waals surface area contributed by atoms with Gasteiger partial charge in [-0.1, -0.05) is 67.4 Å². The molecule has 0 aromatic carbocycles. The molecule has 1 spiro atoms. The van der Waals surface area contributed by atoms with Gasteiger partial charge in [-0.3, -0.25) is 14.8 Å². The molecule has 0 amide bonds. The summed E-state index contributed by atoms with van der Waals surface area (Å²) in [6, 6.07) is 2.51. The summed E-state index contributed by atoms with van der Waals surface area (Å²) in [6.45, 7) is 20.9. The van der Waals surface area contributed by atoms with E-state index in [0.717, 1.165) is 59.8 Å². The van der Waals surface area contributed by atoms with Crippen LogP contribution in [0.25, 0.3) is 0 Å². The minimum Gasteiger partial charge on any atom is -0.455 e. The van der Waals surface area contributed by atoms with Crippen molar-refractivity contribution in [3.63, 3.8) is 0 Å². The molecule has 1 saturated carbocycles. The number of esters is 1. The lowest BCUT2D eigenvalue weighted by atomic mass is 9.68. The molecule has 242 valence electrons. The van der Waals surface area contributed by atoms with E-state index in [-0.39, 0.29) is 23.0 Å². The highest BCUT2D eigenvalue weighted by molar-refractivity contribution is 6.74. The van der Waals surface area contributed by atoms with Crippen LogP contribution >= 0.6 is 0 Å². The largest absolute Gasteiger partial charge is 0.455 e. The fourth-order valence-corrected chi connectivity index (χ4v) is 8.33. The maximum Gasteiger partial charge on any atom is 0.433 e. The monoisotopic (exact) mass is 632 g/mol. The Morgan fingerprint density at radius 3 is 2.23 bits per heavy atom. The van der Waals surface area contributed by atoms with E-state index in [1.165, 1.54) is 19.2 Å². The molecule has 3 atom stereocenters. The van der Waals surface area contributed by atoms with Gasteiger partial charge in [-0.05, 0) is 54.9 Å². The number of alkyl halides is 3. The van der Waals surface area contributed by atoms with Crippen molar-refractivity contribution >= 4 is 14.3 Å². The van der Waals surface area contributed by atoms with E-state index in [0.29, 0.717) is 12.0 Å². The number of hydrogen-bond acceptors (Lipinski definition) is 6. The van der Waals surface area contributed by atoms with Crippen LogP contribution < -0.4 is 0 Å². The van der Waals surface area contributed by atoms with E-state index >= 15 is 0 Å². The summed E-state index contributed by atoms with van der Waals surface area (Å²) in [6.07, 6.45) is -0.607. The standard InChI is InChI=1S/C34H47F3N2O4Si/c1-19(2)27-25-26(33(15-11-12-16-33)42-29(25)21-13-14-23(38-18-21)34(35,36)37)24-22(43-44(9,10)31(4,5)6)17-32(7,8)30(28(24)39-27)41-20(3)40/h13-14,18-19,22,29-30H,11-12,15-17H2,1-10H3. The van der Waals surface area contributed by atoms with E-state index in [1.54, 1.807) is 0 Å². The van der Waals surface area contributed by atoms with Crippen molar-refractivity contribution in [2.75, 3.05) is 0 Å². The first-order valence-corrected chi connectivity index (χ1v) is 18.7. The topological polar surface area (TPSA) is 70.5 Å². The first-order valence-electron chi connectivity index (χ1n) is 15.8. The molecule has 3 aliphatic rings. The number of carbonyl (C=O) groups is 1. The van der Waals surface area contributed by atoms with Crippen molar-refractivity contribution in [2.24, 2.45) is 5.41 Å². The third-order valence-electron chi connectivity index (χ3n) is 10.2. The zero-order valence-electron chi connectivity index (χ0n) is 27.7. The molecule has 3 unspecified atom stereocenters. The van der Waals surface area contributed by atoms with E-state index in [9.17, 15) is 18.0 Å². The SMILES string of the molecule is CC(=O)OC1c2nc(C(C)C)c3c(c2C(O[Si](C)(C)C(C)(C)C)CC1(C)C)C1(CCCC1)OC3c1ccc(C(F)(F)F)nc1. The van der Waals surface area contributed by atoms with E-state index in [4.69, 9.17) is 18.9 Å². The third kappa shape index (κ3) is 5.64. The summed E-state index contributed by atoms with van der Waals surface area (Å²) >= 11 is 0. The number of fused-ring (bicyclic) bond motifs is 4. The number of nitrogens with zero attached hydrogens (tertiary/aromatic N) is 2. The Labute approximate surface area is 260 Å². The fraction of sp³-hybridized carbons (Fsp3) is 0.676. The summed E-state index contributed by atoms with van der Waals surface area (Å²) in [7, 11) is -2.29. The highest BCUT2D eigenvalue weighted by atomic mass is 28.4. The number of carbonyl (C=O) groups excluding carboxylic acids is 1. The second-order valence-corrected chi connectivity index (χ2v) is 20.2. The van der Waals surface area contributed by atoms with Gasteiger partial charge in [0.15, 0.2) is 8.32 Å². The lowest BCUT2D eigenvalue weighted by molar-refractivity contribution is -0.156. The average molecular weight is 633 g/mol. The molecule has 2 aliphatic carbocycles.